The quantitative estimate of drug-likeness (QED) is 0.581. The average molecular weight is 156 g/mol. The molecule has 64 valence electrons. The molecule has 0 saturated carbocycles. The third-order valence-corrected chi connectivity index (χ3v) is 2.20. The first-order chi connectivity index (χ1) is 5.27. The Balaban J connectivity index is 2.34. The van der Waals surface area contributed by atoms with Crippen LogP contribution in [0.15, 0.2) is 12.7 Å². The fourth-order valence-corrected chi connectivity index (χ4v) is 1.13. The molecule has 1 fully saturated rings. The van der Waals surface area contributed by atoms with E-state index in [-0.39, 0.29) is 12.4 Å². The van der Waals surface area contributed by atoms with Crippen molar-refractivity contribution in [3.05, 3.63) is 12.7 Å². The van der Waals surface area contributed by atoms with Gasteiger partial charge in [-0.2, -0.15) is 0 Å². The Labute approximate surface area is 68.2 Å². The SMILES string of the molecule is C=CC1OCC(C(C)CC)O1. The van der Waals surface area contributed by atoms with Crippen molar-refractivity contribution in [3.8, 4) is 0 Å². The van der Waals surface area contributed by atoms with E-state index in [0.29, 0.717) is 12.5 Å². The largest absolute Gasteiger partial charge is 0.346 e. The van der Waals surface area contributed by atoms with Crippen LogP contribution in [0, 0.1) is 5.92 Å². The Morgan fingerprint density at radius 3 is 2.91 bits per heavy atom. The zero-order valence-corrected chi connectivity index (χ0v) is 7.25. The third-order valence-electron chi connectivity index (χ3n) is 2.20. The number of hydrogen-bond donors (Lipinski definition) is 0. The monoisotopic (exact) mass is 156 g/mol. The molecular weight excluding hydrogens is 140 g/mol. The minimum atomic E-state index is -0.172. The van der Waals surface area contributed by atoms with Gasteiger partial charge in [-0.15, -0.1) is 0 Å². The van der Waals surface area contributed by atoms with Gasteiger partial charge in [-0.05, 0) is 12.0 Å². The van der Waals surface area contributed by atoms with Crippen LogP contribution in [0.25, 0.3) is 0 Å². The maximum absolute atomic E-state index is 5.52. The lowest BCUT2D eigenvalue weighted by molar-refractivity contribution is -0.0298. The van der Waals surface area contributed by atoms with Crippen molar-refractivity contribution in [2.75, 3.05) is 6.61 Å². The van der Waals surface area contributed by atoms with Gasteiger partial charge in [0.2, 0.25) is 0 Å². The van der Waals surface area contributed by atoms with Crippen molar-refractivity contribution in [3.63, 3.8) is 0 Å². The van der Waals surface area contributed by atoms with Crippen LogP contribution in [-0.4, -0.2) is 19.0 Å². The van der Waals surface area contributed by atoms with Crippen LogP contribution in [-0.2, 0) is 9.47 Å². The third kappa shape index (κ3) is 2.04. The number of rotatable bonds is 3. The molecule has 0 aromatic heterocycles. The first kappa shape index (κ1) is 8.75. The van der Waals surface area contributed by atoms with E-state index >= 15 is 0 Å². The van der Waals surface area contributed by atoms with E-state index in [1.165, 1.54) is 0 Å². The summed E-state index contributed by atoms with van der Waals surface area (Å²) in [4.78, 5) is 0. The highest BCUT2D eigenvalue weighted by molar-refractivity contribution is 4.80. The van der Waals surface area contributed by atoms with Gasteiger partial charge in [0.15, 0.2) is 6.29 Å². The first-order valence-corrected chi connectivity index (χ1v) is 4.17. The molecule has 0 spiro atoms. The predicted molar refractivity (Wildman–Crippen MR) is 44.3 cm³/mol. The molecule has 0 N–H and O–H groups in total. The summed E-state index contributed by atoms with van der Waals surface area (Å²) in [6.07, 6.45) is 2.93. The lowest BCUT2D eigenvalue weighted by Gasteiger charge is -2.14. The van der Waals surface area contributed by atoms with E-state index in [1.54, 1.807) is 6.08 Å². The fourth-order valence-electron chi connectivity index (χ4n) is 1.13. The molecule has 0 amide bonds. The van der Waals surface area contributed by atoms with Gasteiger partial charge in [-0.25, -0.2) is 0 Å². The van der Waals surface area contributed by atoms with Crippen molar-refractivity contribution in [1.29, 1.82) is 0 Å². The zero-order valence-electron chi connectivity index (χ0n) is 7.25. The Morgan fingerprint density at radius 2 is 2.45 bits per heavy atom. The van der Waals surface area contributed by atoms with Gasteiger partial charge in [0.25, 0.3) is 0 Å². The topological polar surface area (TPSA) is 18.5 Å². The van der Waals surface area contributed by atoms with Gasteiger partial charge in [-0.1, -0.05) is 26.8 Å². The van der Waals surface area contributed by atoms with E-state index in [9.17, 15) is 0 Å². The summed E-state index contributed by atoms with van der Waals surface area (Å²) in [5.41, 5.74) is 0. The van der Waals surface area contributed by atoms with Crippen molar-refractivity contribution in [2.24, 2.45) is 5.92 Å². The lowest BCUT2D eigenvalue weighted by atomic mass is 10.0. The van der Waals surface area contributed by atoms with E-state index in [4.69, 9.17) is 9.47 Å². The fraction of sp³-hybridized carbons (Fsp3) is 0.778. The molecule has 0 radical (unpaired) electrons. The highest BCUT2D eigenvalue weighted by Crippen LogP contribution is 2.20. The average Bonchev–Trinajstić information content (AvgIpc) is 2.50. The Hall–Kier alpha value is -0.340. The van der Waals surface area contributed by atoms with Gasteiger partial charge in [0.1, 0.15) is 0 Å². The van der Waals surface area contributed by atoms with Crippen LogP contribution in [0.2, 0.25) is 0 Å². The molecular formula is C9H16O2. The lowest BCUT2D eigenvalue weighted by Crippen LogP contribution is -2.19. The summed E-state index contributed by atoms with van der Waals surface area (Å²) in [5.74, 6) is 0.583. The molecule has 1 heterocycles. The molecule has 0 aromatic carbocycles. The maximum Gasteiger partial charge on any atom is 0.177 e. The summed E-state index contributed by atoms with van der Waals surface area (Å²) >= 11 is 0. The van der Waals surface area contributed by atoms with Crippen LogP contribution in [0.1, 0.15) is 20.3 Å². The van der Waals surface area contributed by atoms with Crippen LogP contribution in [0.4, 0.5) is 0 Å². The zero-order chi connectivity index (χ0) is 8.27. The standard InChI is InChI=1S/C9H16O2/c1-4-7(3)8-6-10-9(5-2)11-8/h5,7-9H,2,4,6H2,1,3H3. The van der Waals surface area contributed by atoms with E-state index in [0.717, 1.165) is 6.42 Å². The highest BCUT2D eigenvalue weighted by Gasteiger charge is 2.27. The molecule has 1 aliphatic rings. The molecule has 3 atom stereocenters. The second kappa shape index (κ2) is 3.88. The van der Waals surface area contributed by atoms with Crippen LogP contribution < -0.4 is 0 Å². The summed E-state index contributed by atoms with van der Waals surface area (Å²) in [7, 11) is 0. The van der Waals surface area contributed by atoms with E-state index < -0.39 is 0 Å². The molecule has 11 heavy (non-hydrogen) atoms. The van der Waals surface area contributed by atoms with Crippen molar-refractivity contribution < 1.29 is 9.47 Å². The molecule has 0 aliphatic carbocycles. The highest BCUT2D eigenvalue weighted by atomic mass is 16.7. The van der Waals surface area contributed by atoms with Gasteiger partial charge in [-0.3, -0.25) is 0 Å². The van der Waals surface area contributed by atoms with Gasteiger partial charge < -0.3 is 9.47 Å². The molecule has 0 aromatic rings. The van der Waals surface area contributed by atoms with Crippen LogP contribution in [0.3, 0.4) is 0 Å². The second-order valence-corrected chi connectivity index (χ2v) is 3.00. The van der Waals surface area contributed by atoms with Gasteiger partial charge in [0.05, 0.1) is 12.7 Å². The molecule has 2 nitrogen and oxygen atoms in total. The smallest absolute Gasteiger partial charge is 0.177 e. The summed E-state index contributed by atoms with van der Waals surface area (Å²) in [6, 6.07) is 0. The Kier molecular flexibility index (Phi) is 3.09. The molecule has 2 heteroatoms. The molecule has 1 saturated heterocycles. The van der Waals surface area contributed by atoms with Crippen molar-refractivity contribution >= 4 is 0 Å². The number of ether oxygens (including phenoxy) is 2. The summed E-state index contributed by atoms with van der Waals surface area (Å²) in [6.45, 7) is 8.67. The van der Waals surface area contributed by atoms with Gasteiger partial charge >= 0.3 is 0 Å². The number of hydrogen-bond acceptors (Lipinski definition) is 2. The molecule has 0 bridgehead atoms. The summed E-state index contributed by atoms with van der Waals surface area (Å²) in [5, 5.41) is 0. The minimum Gasteiger partial charge on any atom is -0.346 e. The predicted octanol–water partition coefficient (Wildman–Crippen LogP) is 1.96. The van der Waals surface area contributed by atoms with Crippen molar-refractivity contribution in [2.45, 2.75) is 32.7 Å². The Morgan fingerprint density at radius 1 is 1.73 bits per heavy atom. The first-order valence-electron chi connectivity index (χ1n) is 4.17. The molecule has 1 rings (SSSR count). The molecule has 1 aliphatic heterocycles. The minimum absolute atomic E-state index is 0.172. The maximum atomic E-state index is 5.52. The molecule has 3 unspecified atom stereocenters. The van der Waals surface area contributed by atoms with Crippen molar-refractivity contribution in [1.82, 2.24) is 0 Å². The second-order valence-electron chi connectivity index (χ2n) is 3.00. The van der Waals surface area contributed by atoms with Crippen LogP contribution >= 0.6 is 0 Å². The van der Waals surface area contributed by atoms with Crippen LogP contribution in [0.5, 0.6) is 0 Å². The van der Waals surface area contributed by atoms with Gasteiger partial charge in [0, 0.05) is 0 Å². The van der Waals surface area contributed by atoms with E-state index in [1.807, 2.05) is 0 Å². The Bertz CT molecular complexity index is 134. The summed E-state index contributed by atoms with van der Waals surface area (Å²) < 4.78 is 10.8. The van der Waals surface area contributed by atoms with E-state index in [2.05, 4.69) is 20.4 Å². The normalized spacial score (nSPS) is 33.6.